The number of hydrogen-bond acceptors (Lipinski definition) is 4. The maximum atomic E-state index is 12.3. The number of fused-ring (bicyclic) bond motifs is 1. The van der Waals surface area contributed by atoms with Crippen molar-refractivity contribution in [3.8, 4) is 0 Å². The number of nitrogens with two attached hydrogens (primary N) is 1. The van der Waals surface area contributed by atoms with Crippen molar-refractivity contribution >= 4 is 35.1 Å². The molecule has 0 atom stereocenters. The number of amides is 1. The fraction of sp³-hybridized carbons (Fsp3) is 0.500. The standard InChI is InChI=1S/C16H19N3O2.ClH/c17-16(7-1-2-8-16)15(20)18-11-5-6-12-13(9-11)21-14(19-12)10-3-4-10;/h5-6,9-10H,1-4,7-8,17H2,(H,18,20);1H. The highest BCUT2D eigenvalue weighted by molar-refractivity contribution is 5.99. The van der Waals surface area contributed by atoms with Crippen molar-refractivity contribution in [2.75, 3.05) is 5.32 Å². The summed E-state index contributed by atoms with van der Waals surface area (Å²) in [5.74, 6) is 1.21. The van der Waals surface area contributed by atoms with Crippen LogP contribution < -0.4 is 11.1 Å². The van der Waals surface area contributed by atoms with Crippen molar-refractivity contribution in [3.63, 3.8) is 0 Å². The average Bonchev–Trinajstić information content (AvgIpc) is 3.08. The number of oxazole rings is 1. The van der Waals surface area contributed by atoms with E-state index in [0.29, 0.717) is 5.92 Å². The minimum absolute atomic E-state index is 0. The van der Waals surface area contributed by atoms with Crippen LogP contribution in [0.1, 0.15) is 50.3 Å². The molecular weight excluding hydrogens is 302 g/mol. The molecule has 2 fully saturated rings. The van der Waals surface area contributed by atoms with Crippen LogP contribution in [0.2, 0.25) is 0 Å². The Morgan fingerprint density at radius 1 is 1.32 bits per heavy atom. The summed E-state index contributed by atoms with van der Waals surface area (Å²) in [7, 11) is 0. The Labute approximate surface area is 135 Å². The lowest BCUT2D eigenvalue weighted by Crippen LogP contribution is -2.48. The zero-order valence-electron chi connectivity index (χ0n) is 12.3. The van der Waals surface area contributed by atoms with Crippen LogP contribution in [0.3, 0.4) is 0 Å². The molecule has 22 heavy (non-hydrogen) atoms. The molecule has 0 spiro atoms. The van der Waals surface area contributed by atoms with Crippen molar-refractivity contribution in [3.05, 3.63) is 24.1 Å². The third kappa shape index (κ3) is 2.71. The number of hydrogen-bond donors (Lipinski definition) is 2. The SMILES string of the molecule is Cl.NC1(C(=O)Nc2ccc3nc(C4CC4)oc3c2)CCCC1. The van der Waals surface area contributed by atoms with Crippen LogP contribution in [0.25, 0.3) is 11.1 Å². The first-order valence-electron chi connectivity index (χ1n) is 7.65. The second-order valence-electron chi connectivity index (χ2n) is 6.33. The molecule has 1 aromatic heterocycles. The first kappa shape index (κ1) is 15.3. The molecule has 0 aliphatic heterocycles. The van der Waals surface area contributed by atoms with Crippen LogP contribution >= 0.6 is 12.4 Å². The third-order valence-corrected chi connectivity index (χ3v) is 4.54. The summed E-state index contributed by atoms with van der Waals surface area (Å²) in [6.45, 7) is 0. The quantitative estimate of drug-likeness (QED) is 0.908. The van der Waals surface area contributed by atoms with Gasteiger partial charge in [-0.15, -0.1) is 12.4 Å². The van der Waals surface area contributed by atoms with Crippen LogP contribution in [-0.2, 0) is 4.79 Å². The number of aromatic nitrogens is 1. The van der Waals surface area contributed by atoms with Crippen LogP contribution in [0.5, 0.6) is 0 Å². The summed E-state index contributed by atoms with van der Waals surface area (Å²) >= 11 is 0. The van der Waals surface area contributed by atoms with E-state index in [-0.39, 0.29) is 18.3 Å². The zero-order valence-corrected chi connectivity index (χ0v) is 13.1. The van der Waals surface area contributed by atoms with Gasteiger partial charge in [-0.25, -0.2) is 4.98 Å². The Bertz CT molecular complexity index is 702. The maximum absolute atomic E-state index is 12.3. The number of anilines is 1. The van der Waals surface area contributed by atoms with E-state index in [1.807, 2.05) is 18.2 Å². The number of carbonyl (C=O) groups is 1. The van der Waals surface area contributed by atoms with Gasteiger partial charge < -0.3 is 15.5 Å². The highest BCUT2D eigenvalue weighted by atomic mass is 35.5. The molecule has 6 heteroatoms. The topological polar surface area (TPSA) is 81.2 Å². The van der Waals surface area contributed by atoms with Crippen LogP contribution in [0.15, 0.2) is 22.6 Å². The Morgan fingerprint density at radius 3 is 2.73 bits per heavy atom. The molecule has 118 valence electrons. The lowest BCUT2D eigenvalue weighted by molar-refractivity contribution is -0.121. The predicted octanol–water partition coefficient (Wildman–Crippen LogP) is 3.34. The number of halogens is 1. The molecule has 0 saturated heterocycles. The number of nitrogens with one attached hydrogen (secondary N) is 1. The molecule has 1 heterocycles. The number of carbonyl (C=O) groups excluding carboxylic acids is 1. The van der Waals surface area contributed by atoms with Crippen LogP contribution in [0.4, 0.5) is 5.69 Å². The number of nitrogens with zero attached hydrogens (tertiary/aromatic N) is 1. The van der Waals surface area contributed by atoms with Gasteiger partial charge >= 0.3 is 0 Å². The van der Waals surface area contributed by atoms with Gasteiger partial charge in [0, 0.05) is 17.7 Å². The van der Waals surface area contributed by atoms with Gasteiger partial charge in [0.1, 0.15) is 5.52 Å². The minimum atomic E-state index is -0.713. The smallest absolute Gasteiger partial charge is 0.244 e. The number of benzene rings is 1. The van der Waals surface area contributed by atoms with Crippen molar-refractivity contribution in [2.45, 2.75) is 50.0 Å². The molecule has 4 rings (SSSR count). The Morgan fingerprint density at radius 2 is 2.05 bits per heavy atom. The van der Waals surface area contributed by atoms with Gasteiger partial charge in [-0.3, -0.25) is 4.79 Å². The molecule has 5 nitrogen and oxygen atoms in total. The molecule has 1 aromatic carbocycles. The van der Waals surface area contributed by atoms with Crippen molar-refractivity contribution in [2.24, 2.45) is 5.73 Å². The molecule has 3 N–H and O–H groups in total. The summed E-state index contributed by atoms with van der Waals surface area (Å²) in [5.41, 5.74) is 7.75. The van der Waals surface area contributed by atoms with E-state index < -0.39 is 5.54 Å². The van der Waals surface area contributed by atoms with Crippen LogP contribution in [0, 0.1) is 0 Å². The van der Waals surface area contributed by atoms with Gasteiger partial charge in [0.2, 0.25) is 5.91 Å². The van der Waals surface area contributed by atoms with Gasteiger partial charge in [-0.1, -0.05) is 12.8 Å². The lowest BCUT2D eigenvalue weighted by atomic mass is 9.98. The Hall–Kier alpha value is -1.59. The minimum Gasteiger partial charge on any atom is -0.440 e. The van der Waals surface area contributed by atoms with E-state index in [0.717, 1.165) is 61.2 Å². The molecule has 0 radical (unpaired) electrons. The fourth-order valence-electron chi connectivity index (χ4n) is 3.01. The van der Waals surface area contributed by atoms with E-state index in [2.05, 4.69) is 10.3 Å². The van der Waals surface area contributed by atoms with E-state index in [1.54, 1.807) is 0 Å². The second-order valence-corrected chi connectivity index (χ2v) is 6.33. The summed E-state index contributed by atoms with van der Waals surface area (Å²) in [5, 5.41) is 2.92. The Balaban J connectivity index is 0.00000144. The van der Waals surface area contributed by atoms with Crippen LogP contribution in [-0.4, -0.2) is 16.4 Å². The third-order valence-electron chi connectivity index (χ3n) is 4.54. The second kappa shape index (κ2) is 5.56. The molecular formula is C16H20ClN3O2. The highest BCUT2D eigenvalue weighted by Gasteiger charge is 2.37. The zero-order chi connectivity index (χ0) is 14.4. The first-order valence-corrected chi connectivity index (χ1v) is 7.65. The van der Waals surface area contributed by atoms with Gasteiger partial charge in [0.25, 0.3) is 0 Å². The van der Waals surface area contributed by atoms with E-state index in [4.69, 9.17) is 10.2 Å². The molecule has 2 aromatic rings. The van der Waals surface area contributed by atoms with E-state index >= 15 is 0 Å². The van der Waals surface area contributed by atoms with Gasteiger partial charge in [0.15, 0.2) is 11.5 Å². The van der Waals surface area contributed by atoms with Crippen molar-refractivity contribution in [1.82, 2.24) is 4.98 Å². The highest BCUT2D eigenvalue weighted by Crippen LogP contribution is 2.40. The monoisotopic (exact) mass is 321 g/mol. The molecule has 0 bridgehead atoms. The Kier molecular flexibility index (Phi) is 3.87. The largest absolute Gasteiger partial charge is 0.440 e. The van der Waals surface area contributed by atoms with E-state index in [9.17, 15) is 4.79 Å². The van der Waals surface area contributed by atoms with E-state index in [1.165, 1.54) is 0 Å². The lowest BCUT2D eigenvalue weighted by Gasteiger charge is -2.22. The number of rotatable bonds is 3. The summed E-state index contributed by atoms with van der Waals surface area (Å²) in [6, 6.07) is 5.58. The molecule has 2 aliphatic carbocycles. The molecule has 1 amide bonds. The molecule has 2 saturated carbocycles. The molecule has 0 unspecified atom stereocenters. The average molecular weight is 322 g/mol. The summed E-state index contributed by atoms with van der Waals surface area (Å²) < 4.78 is 5.77. The maximum Gasteiger partial charge on any atom is 0.244 e. The first-order chi connectivity index (χ1) is 10.1. The van der Waals surface area contributed by atoms with Crippen molar-refractivity contribution in [1.29, 1.82) is 0 Å². The van der Waals surface area contributed by atoms with Gasteiger partial charge in [0.05, 0.1) is 5.54 Å². The normalized spacial score (nSPS) is 19.9. The van der Waals surface area contributed by atoms with Gasteiger partial charge in [-0.2, -0.15) is 0 Å². The van der Waals surface area contributed by atoms with Crippen molar-refractivity contribution < 1.29 is 9.21 Å². The fourth-order valence-corrected chi connectivity index (χ4v) is 3.01. The predicted molar refractivity (Wildman–Crippen MR) is 87.2 cm³/mol. The molecule has 2 aliphatic rings. The van der Waals surface area contributed by atoms with Gasteiger partial charge in [-0.05, 0) is 37.8 Å². The summed E-state index contributed by atoms with van der Waals surface area (Å²) in [6.07, 6.45) is 5.88. The summed E-state index contributed by atoms with van der Waals surface area (Å²) in [4.78, 5) is 16.8.